The zero-order chi connectivity index (χ0) is 33.8. The van der Waals surface area contributed by atoms with Crippen molar-refractivity contribution in [2.45, 2.75) is 122 Å². The van der Waals surface area contributed by atoms with Crippen LogP contribution in [0.2, 0.25) is 0 Å². The molecule has 0 saturated carbocycles. The third-order valence-corrected chi connectivity index (χ3v) is 8.24. The molecule has 0 fully saturated rings. The van der Waals surface area contributed by atoms with E-state index in [2.05, 4.69) is 147 Å². The minimum absolute atomic E-state index is 0. The van der Waals surface area contributed by atoms with E-state index in [1.165, 1.54) is 38.9 Å². The van der Waals surface area contributed by atoms with Crippen molar-refractivity contribution in [3.05, 3.63) is 128 Å². The van der Waals surface area contributed by atoms with E-state index >= 15 is 0 Å². The maximum absolute atomic E-state index is 6.87. The molecule has 2 nitrogen and oxygen atoms in total. The summed E-state index contributed by atoms with van der Waals surface area (Å²) in [7, 11) is 0. The van der Waals surface area contributed by atoms with Crippen LogP contribution >= 0.6 is 0 Å². The van der Waals surface area contributed by atoms with Gasteiger partial charge < -0.3 is 28.9 Å². The van der Waals surface area contributed by atoms with Gasteiger partial charge in [-0.15, -0.1) is 0 Å². The summed E-state index contributed by atoms with van der Waals surface area (Å²) in [5.74, 6) is -0.151. The minimum Gasteiger partial charge on any atom is -0.513 e. The van der Waals surface area contributed by atoms with Gasteiger partial charge in [0.1, 0.15) is 0 Å². The van der Waals surface area contributed by atoms with E-state index in [9.17, 15) is 0 Å². The van der Waals surface area contributed by atoms with Crippen LogP contribution in [0, 0.1) is 74.8 Å². The van der Waals surface area contributed by atoms with Crippen molar-refractivity contribution in [2.24, 2.45) is 21.3 Å². The van der Waals surface area contributed by atoms with Crippen LogP contribution in [0.1, 0.15) is 115 Å². The first-order valence-electron chi connectivity index (χ1n) is 16.0. The van der Waals surface area contributed by atoms with Crippen molar-refractivity contribution in [1.82, 2.24) is 0 Å². The van der Waals surface area contributed by atoms with Crippen LogP contribution in [0.3, 0.4) is 0 Å². The van der Waals surface area contributed by atoms with Crippen molar-refractivity contribution in [3.63, 3.8) is 0 Å². The van der Waals surface area contributed by atoms with E-state index in [-0.39, 0.29) is 65.5 Å². The summed E-state index contributed by atoms with van der Waals surface area (Å²) in [5.41, 5.74) is 13.7. The Kier molecular flexibility index (Phi) is 20.3. The Labute approximate surface area is 313 Å². The number of aryl methyl sites for hydroxylation is 5. The topological polar surface area (TPSA) is 24.7 Å². The second-order valence-corrected chi connectivity index (χ2v) is 15.7. The predicted octanol–water partition coefficient (Wildman–Crippen LogP) is 13.8. The predicted molar refractivity (Wildman–Crippen MR) is 216 cm³/mol. The van der Waals surface area contributed by atoms with Crippen LogP contribution in [0.25, 0.3) is 0 Å². The van der Waals surface area contributed by atoms with Crippen LogP contribution in [0.15, 0.2) is 70.2 Å². The molecular formula is C45H68N2Pt. The number of hydrogen-bond acceptors (Lipinski definition) is 2. The molecule has 268 valence electrons. The van der Waals surface area contributed by atoms with Crippen LogP contribution in [-0.2, 0) is 31.9 Å². The van der Waals surface area contributed by atoms with Gasteiger partial charge in [0.05, 0.1) is 11.4 Å². The Bertz CT molecular complexity index is 1390. The molecule has 3 rings (SSSR count). The van der Waals surface area contributed by atoms with E-state index in [4.69, 9.17) is 16.6 Å². The molecule has 0 atom stereocenters. The largest absolute Gasteiger partial charge is 4.00 e. The minimum atomic E-state index is -0.182. The number of allylic oxidation sites excluding steroid dienone is 1. The Balaban J connectivity index is -0.00000163. The van der Waals surface area contributed by atoms with E-state index in [0.717, 1.165) is 28.4 Å². The molecule has 0 N–H and O–H groups in total. The second kappa shape index (κ2) is 19.6. The van der Waals surface area contributed by atoms with Crippen LogP contribution < -0.4 is 0 Å². The molecule has 0 bridgehead atoms. The van der Waals surface area contributed by atoms with E-state index in [0.29, 0.717) is 0 Å². The van der Waals surface area contributed by atoms with Gasteiger partial charge in [-0.25, -0.2) is 5.57 Å². The summed E-state index contributed by atoms with van der Waals surface area (Å²) in [6, 6.07) is 19.4. The van der Waals surface area contributed by atoms with E-state index < -0.39 is 0 Å². The van der Waals surface area contributed by atoms with Gasteiger partial charge in [-0.3, -0.25) is 9.98 Å². The monoisotopic (exact) mass is 832 g/mol. The number of rotatable bonds is 5. The van der Waals surface area contributed by atoms with Crippen molar-refractivity contribution >= 4 is 22.8 Å². The summed E-state index contributed by atoms with van der Waals surface area (Å²) >= 11 is 0. The van der Waals surface area contributed by atoms with Crippen molar-refractivity contribution < 1.29 is 21.1 Å². The number of hydrogen-bond donors (Lipinski definition) is 0. The Hall–Kier alpha value is -2.57. The number of benzene rings is 3. The summed E-state index contributed by atoms with van der Waals surface area (Å²) in [6.07, 6.45) is 0. The van der Waals surface area contributed by atoms with Gasteiger partial charge >= 0.3 is 21.1 Å². The molecular weight excluding hydrogens is 764 g/mol. The molecule has 0 spiro atoms. The van der Waals surface area contributed by atoms with Crippen LogP contribution in [-0.4, -0.2) is 11.4 Å². The molecule has 0 aliphatic carbocycles. The Morgan fingerprint density at radius 1 is 0.562 bits per heavy atom. The third-order valence-electron chi connectivity index (χ3n) is 8.24. The maximum Gasteiger partial charge on any atom is 4.00 e. The molecule has 0 amide bonds. The Morgan fingerprint density at radius 3 is 1.06 bits per heavy atom. The summed E-state index contributed by atoms with van der Waals surface area (Å²) in [4.78, 5) is 10.4. The quantitative estimate of drug-likeness (QED) is 0.181. The molecule has 48 heavy (non-hydrogen) atoms. The Morgan fingerprint density at radius 2 is 0.854 bits per heavy atom. The molecule has 3 aromatic carbocycles. The molecule has 0 aliphatic heterocycles. The third kappa shape index (κ3) is 13.7. The van der Waals surface area contributed by atoms with Crippen molar-refractivity contribution in [1.29, 1.82) is 0 Å². The van der Waals surface area contributed by atoms with Crippen LogP contribution in [0.4, 0.5) is 11.4 Å². The van der Waals surface area contributed by atoms with Gasteiger partial charge in [0.15, 0.2) is 0 Å². The first kappa shape index (κ1) is 49.8. The molecule has 0 aromatic heterocycles. The van der Waals surface area contributed by atoms with Gasteiger partial charge in [0, 0.05) is 17.3 Å². The summed E-state index contributed by atoms with van der Waals surface area (Å²) in [5, 5.41) is 0. The van der Waals surface area contributed by atoms with Gasteiger partial charge in [0.2, 0.25) is 0 Å². The van der Waals surface area contributed by atoms with E-state index in [1.54, 1.807) is 0 Å². The molecule has 0 aliphatic rings. The standard InChI is InChI=1S/C35H51N2.C7H8.3CH3.Pt/c1-21-17-28(34(11,12)13)18-22(2)31(21)36-26(6)30(25(5)33(8,9)10)27(7)37-32-23(3)19-29(20-24(32)4)35(14,15)16;1-7-5-3-2-4-6-7;;;;/h5,17-20,30H,1-4,6-16H3;2-6H,1H3;3*1H3;/q-1;;3*-1;+4. The fourth-order valence-electron chi connectivity index (χ4n) is 5.33. The van der Waals surface area contributed by atoms with Gasteiger partial charge in [-0.05, 0) is 98.1 Å². The summed E-state index contributed by atoms with van der Waals surface area (Å²) in [6.45, 7) is 41.8. The van der Waals surface area contributed by atoms with Crippen molar-refractivity contribution in [2.75, 3.05) is 0 Å². The molecule has 3 heteroatoms. The number of aliphatic imine (C=N–C) groups is 2. The van der Waals surface area contributed by atoms with Crippen LogP contribution in [0.5, 0.6) is 0 Å². The van der Waals surface area contributed by atoms with Gasteiger partial charge in [0.25, 0.3) is 0 Å². The normalized spacial score (nSPS) is 12.6. The van der Waals surface area contributed by atoms with Gasteiger partial charge in [-0.2, -0.15) is 0 Å². The van der Waals surface area contributed by atoms with Crippen molar-refractivity contribution in [3.8, 4) is 0 Å². The average molecular weight is 832 g/mol. The van der Waals surface area contributed by atoms with E-state index in [1.807, 2.05) is 18.2 Å². The number of nitrogens with zero attached hydrogens (tertiary/aromatic N) is 2. The SMILES string of the molecule is Cc1ccccc1.[CH-]=C(C(C(C)=Nc1c(C)cc(C(C)(C)C)cc1C)C(C)=Nc1c(C)cc(C(C)(C)C)cc1C)C(C)(C)C.[CH3-].[CH3-].[CH3-].[Pt+4]. The molecule has 0 radical (unpaired) electrons. The fraction of sp³-hybridized carbons (Fsp3) is 0.444. The first-order valence-corrected chi connectivity index (χ1v) is 16.0. The second-order valence-electron chi connectivity index (χ2n) is 15.7. The van der Waals surface area contributed by atoms with Gasteiger partial charge in [-0.1, -0.05) is 122 Å². The zero-order valence-electron chi connectivity index (χ0n) is 34.1. The summed E-state index contributed by atoms with van der Waals surface area (Å²) < 4.78 is 0. The first-order chi connectivity index (χ1) is 20.0. The zero-order valence-corrected chi connectivity index (χ0v) is 36.3. The average Bonchev–Trinajstić information content (AvgIpc) is 2.87. The molecule has 0 unspecified atom stereocenters. The smallest absolute Gasteiger partial charge is 0.513 e. The molecule has 0 saturated heterocycles. The maximum atomic E-state index is 6.87. The molecule has 3 aromatic rings. The molecule has 0 heterocycles. The fourth-order valence-corrected chi connectivity index (χ4v) is 5.33.